The van der Waals surface area contributed by atoms with E-state index in [4.69, 9.17) is 26.8 Å². The molecule has 21 heavy (non-hydrogen) atoms. The number of aromatic nitrogens is 2. The minimum absolute atomic E-state index is 0.322. The average Bonchev–Trinajstić information content (AvgIpc) is 2.93. The molecule has 0 fully saturated rings. The summed E-state index contributed by atoms with van der Waals surface area (Å²) < 4.78 is 13.2. The molecule has 0 bridgehead atoms. The first kappa shape index (κ1) is 15.7. The molecule has 0 spiro atoms. The third kappa shape index (κ3) is 3.49. The molecule has 2 aromatic rings. The van der Waals surface area contributed by atoms with E-state index in [1.54, 1.807) is 25.7 Å². The lowest BCUT2D eigenvalue weighted by Crippen LogP contribution is -2.08. The van der Waals surface area contributed by atoms with Crippen molar-refractivity contribution < 1.29 is 9.47 Å². The van der Waals surface area contributed by atoms with Gasteiger partial charge in [-0.3, -0.25) is 0 Å². The van der Waals surface area contributed by atoms with Crippen molar-refractivity contribution in [3.05, 3.63) is 40.9 Å². The summed E-state index contributed by atoms with van der Waals surface area (Å²) in [7, 11) is 1.58. The topological polar surface area (TPSA) is 62.3 Å². The second-order valence-electron chi connectivity index (χ2n) is 4.99. The van der Waals surface area contributed by atoms with Crippen molar-refractivity contribution in [3.63, 3.8) is 0 Å². The van der Waals surface area contributed by atoms with Crippen molar-refractivity contribution in [1.82, 2.24) is 9.55 Å². The molecule has 0 aliphatic heterocycles. The minimum Gasteiger partial charge on any atom is -0.493 e. The van der Waals surface area contributed by atoms with Crippen LogP contribution in [0, 0.1) is 0 Å². The quantitative estimate of drug-likeness (QED) is 0.890. The van der Waals surface area contributed by atoms with Gasteiger partial charge in [0, 0.05) is 12.6 Å². The molecule has 0 atom stereocenters. The second-order valence-corrected chi connectivity index (χ2v) is 5.40. The van der Waals surface area contributed by atoms with Crippen LogP contribution in [0.2, 0.25) is 5.02 Å². The molecule has 2 N–H and O–H groups in total. The molecule has 0 aliphatic carbocycles. The monoisotopic (exact) mass is 309 g/mol. The van der Waals surface area contributed by atoms with E-state index in [-0.39, 0.29) is 0 Å². The van der Waals surface area contributed by atoms with Crippen LogP contribution >= 0.6 is 11.6 Å². The molecule has 1 aromatic carbocycles. The number of methoxy groups -OCH3 is 1. The first-order chi connectivity index (χ1) is 10.1. The predicted molar refractivity (Wildman–Crippen MR) is 82.8 cm³/mol. The summed E-state index contributed by atoms with van der Waals surface area (Å²) in [5.74, 6) is 1.10. The SMILES string of the molecule is COc1cc(CN)cc(Cl)c1OCc1cncn1C(C)C. The zero-order valence-electron chi connectivity index (χ0n) is 12.5. The minimum atomic E-state index is 0.322. The maximum Gasteiger partial charge on any atom is 0.180 e. The summed E-state index contributed by atoms with van der Waals surface area (Å²) in [5.41, 5.74) is 7.51. The summed E-state index contributed by atoms with van der Waals surface area (Å²) in [6.45, 7) is 4.95. The van der Waals surface area contributed by atoms with Crippen LogP contribution in [-0.4, -0.2) is 16.7 Å². The Bertz CT molecular complexity index is 611. The third-order valence-electron chi connectivity index (χ3n) is 3.19. The smallest absolute Gasteiger partial charge is 0.180 e. The van der Waals surface area contributed by atoms with Gasteiger partial charge in [0.2, 0.25) is 0 Å². The predicted octanol–water partition coefficient (Wildman–Crippen LogP) is 3.16. The fourth-order valence-corrected chi connectivity index (χ4v) is 2.37. The van der Waals surface area contributed by atoms with Crippen LogP contribution in [0.4, 0.5) is 0 Å². The number of rotatable bonds is 6. The Balaban J connectivity index is 2.21. The Morgan fingerprint density at radius 2 is 2.14 bits per heavy atom. The number of ether oxygens (including phenoxy) is 2. The highest BCUT2D eigenvalue weighted by atomic mass is 35.5. The van der Waals surface area contributed by atoms with Gasteiger partial charge in [0.05, 0.1) is 30.4 Å². The van der Waals surface area contributed by atoms with E-state index in [0.717, 1.165) is 11.3 Å². The van der Waals surface area contributed by atoms with Crippen LogP contribution in [0.15, 0.2) is 24.7 Å². The lowest BCUT2D eigenvalue weighted by molar-refractivity contribution is 0.273. The number of benzene rings is 1. The number of nitrogens with two attached hydrogens (primary N) is 1. The van der Waals surface area contributed by atoms with Crippen molar-refractivity contribution >= 4 is 11.6 Å². The molecule has 1 aromatic heterocycles. The largest absolute Gasteiger partial charge is 0.493 e. The van der Waals surface area contributed by atoms with Crippen LogP contribution in [-0.2, 0) is 13.2 Å². The fraction of sp³-hybridized carbons (Fsp3) is 0.400. The van der Waals surface area contributed by atoms with E-state index in [9.17, 15) is 0 Å². The fourth-order valence-electron chi connectivity index (χ4n) is 2.09. The van der Waals surface area contributed by atoms with Gasteiger partial charge in [-0.1, -0.05) is 11.6 Å². The highest BCUT2D eigenvalue weighted by molar-refractivity contribution is 6.32. The van der Waals surface area contributed by atoms with Crippen molar-refractivity contribution in [2.45, 2.75) is 33.0 Å². The van der Waals surface area contributed by atoms with E-state index in [1.807, 2.05) is 6.07 Å². The Morgan fingerprint density at radius 3 is 2.76 bits per heavy atom. The van der Waals surface area contributed by atoms with Gasteiger partial charge in [-0.15, -0.1) is 0 Å². The zero-order chi connectivity index (χ0) is 15.4. The molecule has 0 amide bonds. The molecule has 0 radical (unpaired) electrons. The molecular formula is C15H20ClN3O2. The molecule has 0 unspecified atom stereocenters. The molecule has 2 rings (SSSR count). The summed E-state index contributed by atoms with van der Waals surface area (Å²) in [6, 6.07) is 3.95. The normalized spacial score (nSPS) is 11.0. The van der Waals surface area contributed by atoms with Crippen molar-refractivity contribution in [1.29, 1.82) is 0 Å². The number of hydrogen-bond acceptors (Lipinski definition) is 4. The van der Waals surface area contributed by atoms with Gasteiger partial charge in [0.1, 0.15) is 6.61 Å². The van der Waals surface area contributed by atoms with Crippen LogP contribution in [0.3, 0.4) is 0 Å². The molecule has 1 heterocycles. The van der Waals surface area contributed by atoms with E-state index in [0.29, 0.717) is 35.7 Å². The molecule has 0 aliphatic rings. The van der Waals surface area contributed by atoms with E-state index in [1.165, 1.54) is 0 Å². The lowest BCUT2D eigenvalue weighted by atomic mass is 10.2. The average molecular weight is 310 g/mol. The summed E-state index contributed by atoms with van der Waals surface area (Å²) in [6.07, 6.45) is 3.58. The summed E-state index contributed by atoms with van der Waals surface area (Å²) in [4.78, 5) is 4.15. The van der Waals surface area contributed by atoms with Gasteiger partial charge in [-0.05, 0) is 31.5 Å². The summed E-state index contributed by atoms with van der Waals surface area (Å²) in [5, 5.41) is 0.491. The molecule has 0 saturated heterocycles. The standard InChI is InChI=1S/C15H20ClN3O2/c1-10(2)19-9-18-7-12(19)8-21-15-13(16)4-11(6-17)5-14(15)20-3/h4-5,7,9-10H,6,8,17H2,1-3H3. The third-order valence-corrected chi connectivity index (χ3v) is 3.47. The van der Waals surface area contributed by atoms with Gasteiger partial charge >= 0.3 is 0 Å². The second kappa shape index (κ2) is 6.83. The Labute approximate surface area is 129 Å². The van der Waals surface area contributed by atoms with Crippen molar-refractivity contribution in [2.75, 3.05) is 7.11 Å². The zero-order valence-corrected chi connectivity index (χ0v) is 13.2. The van der Waals surface area contributed by atoms with Gasteiger partial charge < -0.3 is 19.8 Å². The van der Waals surface area contributed by atoms with Gasteiger partial charge in [0.15, 0.2) is 11.5 Å². The van der Waals surface area contributed by atoms with Crippen molar-refractivity contribution in [3.8, 4) is 11.5 Å². The number of imidazole rings is 1. The van der Waals surface area contributed by atoms with Crippen LogP contribution < -0.4 is 15.2 Å². The van der Waals surface area contributed by atoms with Crippen LogP contribution in [0.1, 0.15) is 31.1 Å². The Morgan fingerprint density at radius 1 is 1.38 bits per heavy atom. The van der Waals surface area contributed by atoms with Gasteiger partial charge in [0.25, 0.3) is 0 Å². The molecule has 114 valence electrons. The van der Waals surface area contributed by atoms with Crippen LogP contribution in [0.5, 0.6) is 11.5 Å². The Kier molecular flexibility index (Phi) is 5.09. The number of nitrogens with zero attached hydrogens (tertiary/aromatic N) is 2. The molecule has 6 heteroatoms. The van der Waals surface area contributed by atoms with Crippen molar-refractivity contribution in [2.24, 2.45) is 5.73 Å². The van der Waals surface area contributed by atoms with E-state index >= 15 is 0 Å². The van der Waals surface area contributed by atoms with Crippen LogP contribution in [0.25, 0.3) is 0 Å². The van der Waals surface area contributed by atoms with E-state index < -0.39 is 0 Å². The molecular weight excluding hydrogens is 290 g/mol. The van der Waals surface area contributed by atoms with E-state index in [2.05, 4.69) is 23.4 Å². The maximum atomic E-state index is 6.25. The first-order valence-electron chi connectivity index (χ1n) is 6.76. The van der Waals surface area contributed by atoms with Gasteiger partial charge in [-0.25, -0.2) is 4.98 Å². The lowest BCUT2D eigenvalue weighted by Gasteiger charge is -2.16. The highest BCUT2D eigenvalue weighted by Crippen LogP contribution is 2.36. The first-order valence-corrected chi connectivity index (χ1v) is 7.14. The summed E-state index contributed by atoms with van der Waals surface area (Å²) >= 11 is 6.25. The molecule has 5 nitrogen and oxygen atoms in total. The maximum absolute atomic E-state index is 6.25. The number of hydrogen-bond donors (Lipinski definition) is 1. The van der Waals surface area contributed by atoms with Gasteiger partial charge in [-0.2, -0.15) is 0 Å². The molecule has 0 saturated carbocycles. The highest BCUT2D eigenvalue weighted by Gasteiger charge is 2.13. The number of halogens is 1. The Hall–Kier alpha value is -1.72.